The molecule has 0 aliphatic rings. The van der Waals surface area contributed by atoms with Crippen LogP contribution in [0.15, 0.2) is 17.1 Å². The molecule has 2 heterocycles. The first-order valence-electron chi connectivity index (χ1n) is 5.84. The van der Waals surface area contributed by atoms with Gasteiger partial charge in [-0.1, -0.05) is 13.8 Å². The van der Waals surface area contributed by atoms with Crippen molar-refractivity contribution in [3.05, 3.63) is 33.0 Å². The van der Waals surface area contributed by atoms with E-state index in [0.29, 0.717) is 22.1 Å². The Morgan fingerprint density at radius 2 is 2.22 bits per heavy atom. The minimum atomic E-state index is -0.0507. The van der Waals surface area contributed by atoms with Gasteiger partial charge in [0, 0.05) is 24.5 Å². The fourth-order valence-electron chi connectivity index (χ4n) is 1.81. The van der Waals surface area contributed by atoms with Crippen LogP contribution in [0.2, 0.25) is 0 Å². The Morgan fingerprint density at radius 3 is 2.83 bits per heavy atom. The molecule has 18 heavy (non-hydrogen) atoms. The zero-order valence-corrected chi connectivity index (χ0v) is 11.5. The van der Waals surface area contributed by atoms with E-state index in [4.69, 9.17) is 12.2 Å². The Kier molecular flexibility index (Phi) is 3.47. The lowest BCUT2D eigenvalue weighted by molar-refractivity contribution is 0.521. The van der Waals surface area contributed by atoms with E-state index in [-0.39, 0.29) is 5.43 Å². The highest BCUT2D eigenvalue weighted by Crippen LogP contribution is 2.14. The van der Waals surface area contributed by atoms with Gasteiger partial charge in [-0.25, -0.2) is 0 Å². The van der Waals surface area contributed by atoms with Gasteiger partial charge < -0.3 is 4.98 Å². The van der Waals surface area contributed by atoms with Crippen LogP contribution < -0.4 is 5.43 Å². The summed E-state index contributed by atoms with van der Waals surface area (Å²) in [6, 6.07) is 1.56. The zero-order chi connectivity index (χ0) is 13.3. The van der Waals surface area contributed by atoms with Crippen molar-refractivity contribution in [1.82, 2.24) is 19.7 Å². The predicted octanol–water partition coefficient (Wildman–Crippen LogP) is 2.26. The molecule has 96 valence electrons. The molecule has 0 aliphatic carbocycles. The lowest BCUT2D eigenvalue weighted by Gasteiger charge is -2.08. The molecule has 0 unspecified atom stereocenters. The van der Waals surface area contributed by atoms with Gasteiger partial charge in [0.25, 0.3) is 0 Å². The summed E-state index contributed by atoms with van der Waals surface area (Å²) in [5, 5.41) is 6.90. The van der Waals surface area contributed by atoms with Crippen LogP contribution in [0.1, 0.15) is 19.5 Å². The molecule has 0 aliphatic heterocycles. The maximum atomic E-state index is 12.0. The number of hydrogen-bond acceptors (Lipinski definition) is 3. The molecule has 0 atom stereocenters. The van der Waals surface area contributed by atoms with Gasteiger partial charge in [0.15, 0.2) is 16.0 Å². The summed E-state index contributed by atoms with van der Waals surface area (Å²) in [6.07, 6.45) is 1.68. The van der Waals surface area contributed by atoms with Crippen LogP contribution in [0.4, 0.5) is 0 Å². The Morgan fingerprint density at radius 1 is 1.50 bits per heavy atom. The lowest BCUT2D eigenvalue weighted by atomic mass is 10.2. The quantitative estimate of drug-likeness (QED) is 0.836. The predicted molar refractivity (Wildman–Crippen MR) is 73.0 cm³/mol. The van der Waals surface area contributed by atoms with Crippen molar-refractivity contribution >= 4 is 12.2 Å². The zero-order valence-electron chi connectivity index (χ0n) is 10.7. The van der Waals surface area contributed by atoms with Gasteiger partial charge in [-0.2, -0.15) is 5.10 Å². The highest BCUT2D eigenvalue weighted by molar-refractivity contribution is 7.71. The van der Waals surface area contributed by atoms with Crippen LogP contribution in [-0.4, -0.2) is 19.7 Å². The molecule has 0 saturated heterocycles. The number of hydrogen-bond donors (Lipinski definition) is 2. The first-order valence-corrected chi connectivity index (χ1v) is 6.24. The van der Waals surface area contributed by atoms with E-state index >= 15 is 0 Å². The minimum absolute atomic E-state index is 0.0507. The topological polar surface area (TPSA) is 66.5 Å². The third kappa shape index (κ3) is 2.43. The SMILES string of the molecule is Cc1cc(=O)c(-c2n[nH]c(=S)n2CC(C)C)c[nH]1. The number of rotatable bonds is 3. The average molecular weight is 264 g/mol. The van der Waals surface area contributed by atoms with Crippen LogP contribution in [0, 0.1) is 17.6 Å². The molecule has 2 N–H and O–H groups in total. The van der Waals surface area contributed by atoms with Gasteiger partial charge in [-0.3, -0.25) is 14.5 Å². The summed E-state index contributed by atoms with van der Waals surface area (Å²) < 4.78 is 2.40. The first kappa shape index (κ1) is 12.8. The molecule has 0 bridgehead atoms. The molecule has 6 heteroatoms. The summed E-state index contributed by atoms with van der Waals surface area (Å²) in [4.78, 5) is 15.0. The second-order valence-corrected chi connectivity index (χ2v) is 5.14. The van der Waals surface area contributed by atoms with E-state index in [9.17, 15) is 4.79 Å². The molecule has 0 radical (unpaired) electrons. The van der Waals surface area contributed by atoms with Crippen LogP contribution in [0.25, 0.3) is 11.4 Å². The van der Waals surface area contributed by atoms with Gasteiger partial charge in [0.2, 0.25) is 0 Å². The Bertz CT molecular complexity index is 665. The Hall–Kier alpha value is -1.69. The van der Waals surface area contributed by atoms with Crippen molar-refractivity contribution < 1.29 is 0 Å². The summed E-state index contributed by atoms with van der Waals surface area (Å²) in [7, 11) is 0. The van der Waals surface area contributed by atoms with Crippen LogP contribution >= 0.6 is 12.2 Å². The highest BCUT2D eigenvalue weighted by atomic mass is 32.1. The molecule has 5 nitrogen and oxygen atoms in total. The van der Waals surface area contributed by atoms with Gasteiger partial charge >= 0.3 is 0 Å². The summed E-state index contributed by atoms with van der Waals surface area (Å²) in [5.41, 5.74) is 1.31. The molecular formula is C12H16N4OS. The first-order chi connectivity index (χ1) is 8.49. The largest absolute Gasteiger partial charge is 0.364 e. The summed E-state index contributed by atoms with van der Waals surface area (Å²) in [5.74, 6) is 1.02. The molecule has 2 aromatic heterocycles. The Balaban J connectivity index is 2.57. The van der Waals surface area contributed by atoms with E-state index in [0.717, 1.165) is 12.2 Å². The average Bonchev–Trinajstić information content (AvgIpc) is 2.60. The number of aromatic amines is 2. The molecule has 0 fully saturated rings. The van der Waals surface area contributed by atoms with Crippen molar-refractivity contribution in [1.29, 1.82) is 0 Å². The molecular weight excluding hydrogens is 248 g/mol. The molecule has 2 rings (SSSR count). The molecule has 0 aromatic carbocycles. The Labute approximate surface area is 110 Å². The third-order valence-electron chi connectivity index (χ3n) is 2.60. The van der Waals surface area contributed by atoms with Crippen molar-refractivity contribution in [2.24, 2.45) is 5.92 Å². The van der Waals surface area contributed by atoms with Crippen LogP contribution in [0.3, 0.4) is 0 Å². The number of nitrogens with zero attached hydrogens (tertiary/aromatic N) is 2. The van der Waals surface area contributed by atoms with Gasteiger partial charge in [-0.15, -0.1) is 0 Å². The third-order valence-corrected chi connectivity index (χ3v) is 2.92. The number of nitrogens with one attached hydrogen (secondary N) is 2. The summed E-state index contributed by atoms with van der Waals surface area (Å²) >= 11 is 5.19. The van der Waals surface area contributed by atoms with Gasteiger partial charge in [0.05, 0.1) is 5.56 Å². The summed E-state index contributed by atoms with van der Waals surface area (Å²) in [6.45, 7) is 6.77. The van der Waals surface area contributed by atoms with Crippen molar-refractivity contribution in [2.45, 2.75) is 27.3 Å². The normalized spacial score (nSPS) is 11.1. The van der Waals surface area contributed by atoms with Gasteiger partial charge in [-0.05, 0) is 25.1 Å². The standard InChI is InChI=1S/C12H16N4OS/c1-7(2)6-16-11(14-15-12(16)18)9-5-13-8(3)4-10(9)17/h4-5,7H,6H2,1-3H3,(H,13,17)(H,15,18). The fraction of sp³-hybridized carbons (Fsp3) is 0.417. The van der Waals surface area contributed by atoms with Crippen molar-refractivity contribution in [3.8, 4) is 11.4 Å². The van der Waals surface area contributed by atoms with E-state index in [1.807, 2.05) is 11.5 Å². The van der Waals surface area contributed by atoms with E-state index in [1.54, 1.807) is 12.3 Å². The van der Waals surface area contributed by atoms with Crippen molar-refractivity contribution in [3.63, 3.8) is 0 Å². The number of aromatic nitrogens is 4. The minimum Gasteiger partial charge on any atom is -0.364 e. The molecule has 0 spiro atoms. The molecule has 0 amide bonds. The molecule has 2 aromatic rings. The maximum absolute atomic E-state index is 12.0. The number of H-pyrrole nitrogens is 2. The van der Waals surface area contributed by atoms with E-state index in [2.05, 4.69) is 29.0 Å². The van der Waals surface area contributed by atoms with E-state index in [1.165, 1.54) is 0 Å². The monoisotopic (exact) mass is 264 g/mol. The smallest absolute Gasteiger partial charge is 0.195 e. The fourth-order valence-corrected chi connectivity index (χ4v) is 2.01. The lowest BCUT2D eigenvalue weighted by Crippen LogP contribution is -2.12. The second-order valence-electron chi connectivity index (χ2n) is 4.75. The number of pyridine rings is 1. The van der Waals surface area contributed by atoms with E-state index < -0.39 is 0 Å². The molecule has 0 saturated carbocycles. The van der Waals surface area contributed by atoms with Crippen LogP contribution in [-0.2, 0) is 6.54 Å². The highest BCUT2D eigenvalue weighted by Gasteiger charge is 2.13. The maximum Gasteiger partial charge on any atom is 0.195 e. The number of aryl methyl sites for hydroxylation is 1. The van der Waals surface area contributed by atoms with Gasteiger partial charge in [0.1, 0.15) is 0 Å². The van der Waals surface area contributed by atoms with Crippen LogP contribution in [0.5, 0.6) is 0 Å². The second kappa shape index (κ2) is 4.89. The van der Waals surface area contributed by atoms with Crippen molar-refractivity contribution in [2.75, 3.05) is 0 Å².